The lowest BCUT2D eigenvalue weighted by Gasteiger charge is -2.15. The first kappa shape index (κ1) is 24.4. The SMILES string of the molecule is O=C(COC(=O)c1ccc(N2C(=O)CC(Sc3nnc4c(n3)[nH]c3ccccc34)C2=O)cc1)c1ccccc1. The monoisotopic (exact) mass is 537 g/mol. The van der Waals surface area contributed by atoms with Gasteiger partial charge in [0.2, 0.25) is 17.0 Å². The van der Waals surface area contributed by atoms with E-state index >= 15 is 0 Å². The summed E-state index contributed by atoms with van der Waals surface area (Å²) in [6.45, 7) is -0.395. The topological polar surface area (TPSA) is 135 Å². The Bertz CT molecular complexity index is 1750. The summed E-state index contributed by atoms with van der Waals surface area (Å²) in [6.07, 6.45) is -0.0248. The summed E-state index contributed by atoms with van der Waals surface area (Å²) in [4.78, 5) is 59.2. The van der Waals surface area contributed by atoms with Crippen molar-refractivity contribution in [3.8, 4) is 0 Å². The molecule has 11 heteroatoms. The van der Waals surface area contributed by atoms with E-state index in [0.717, 1.165) is 27.6 Å². The Morgan fingerprint density at radius 3 is 2.46 bits per heavy atom. The third kappa shape index (κ3) is 4.75. The van der Waals surface area contributed by atoms with E-state index in [0.29, 0.717) is 22.4 Å². The van der Waals surface area contributed by atoms with Gasteiger partial charge in [0.15, 0.2) is 18.0 Å². The van der Waals surface area contributed by atoms with E-state index in [1.54, 1.807) is 30.3 Å². The normalized spacial score (nSPS) is 15.3. The number of fused-ring (bicyclic) bond motifs is 3. The van der Waals surface area contributed by atoms with Gasteiger partial charge in [-0.1, -0.05) is 60.3 Å². The largest absolute Gasteiger partial charge is 0.454 e. The van der Waals surface area contributed by atoms with Gasteiger partial charge in [-0.3, -0.25) is 14.4 Å². The predicted molar refractivity (Wildman–Crippen MR) is 143 cm³/mol. The standard InChI is InChI=1S/C28H19N5O5S/c34-21(16-6-2-1-3-7-16)15-38-27(37)17-10-12-18(13-11-17)33-23(35)14-22(26(33)36)39-28-30-25-24(31-32-28)19-8-4-5-9-20(19)29-25/h1-13,22H,14-15H2,(H,29,30,32). The molecule has 5 aromatic rings. The fourth-order valence-electron chi connectivity index (χ4n) is 4.32. The van der Waals surface area contributed by atoms with E-state index in [2.05, 4.69) is 20.2 Å². The molecule has 0 radical (unpaired) electrons. The van der Waals surface area contributed by atoms with Crippen LogP contribution in [0.1, 0.15) is 27.1 Å². The number of imide groups is 1. The molecule has 0 saturated carbocycles. The zero-order chi connectivity index (χ0) is 26.9. The molecule has 2 aromatic heterocycles. The number of nitrogens with zero attached hydrogens (tertiary/aromatic N) is 4. The molecule has 39 heavy (non-hydrogen) atoms. The Morgan fingerprint density at radius 2 is 1.67 bits per heavy atom. The molecular formula is C28H19N5O5S. The Morgan fingerprint density at radius 1 is 0.923 bits per heavy atom. The minimum Gasteiger partial charge on any atom is -0.454 e. The summed E-state index contributed by atoms with van der Waals surface area (Å²) in [5, 5.41) is 8.89. The zero-order valence-electron chi connectivity index (χ0n) is 20.2. The summed E-state index contributed by atoms with van der Waals surface area (Å²) in [5.74, 6) is -1.79. The van der Waals surface area contributed by atoms with Gasteiger partial charge >= 0.3 is 5.97 Å². The van der Waals surface area contributed by atoms with Crippen LogP contribution in [0.3, 0.4) is 0 Å². The number of amides is 2. The third-order valence-corrected chi connectivity index (χ3v) is 7.28. The molecule has 1 saturated heterocycles. The summed E-state index contributed by atoms with van der Waals surface area (Å²) in [6, 6.07) is 22.0. The van der Waals surface area contributed by atoms with E-state index < -0.39 is 23.7 Å². The van der Waals surface area contributed by atoms with Crippen LogP contribution in [0.15, 0.2) is 84.0 Å². The third-order valence-electron chi connectivity index (χ3n) is 6.25. The van der Waals surface area contributed by atoms with Gasteiger partial charge in [0.25, 0.3) is 0 Å². The second-order valence-electron chi connectivity index (χ2n) is 8.75. The van der Waals surface area contributed by atoms with Crippen molar-refractivity contribution in [2.45, 2.75) is 16.8 Å². The zero-order valence-corrected chi connectivity index (χ0v) is 21.1. The van der Waals surface area contributed by atoms with Crippen molar-refractivity contribution in [1.82, 2.24) is 20.2 Å². The van der Waals surface area contributed by atoms with Crippen molar-refractivity contribution in [1.29, 1.82) is 0 Å². The Kier molecular flexibility index (Phi) is 6.33. The quantitative estimate of drug-likeness (QED) is 0.186. The molecule has 0 spiro atoms. The second-order valence-corrected chi connectivity index (χ2v) is 9.92. The van der Waals surface area contributed by atoms with Crippen molar-refractivity contribution in [2.75, 3.05) is 11.5 Å². The molecule has 1 aliphatic rings. The number of nitrogens with one attached hydrogen (secondary N) is 1. The average molecular weight is 538 g/mol. The van der Waals surface area contributed by atoms with Crippen molar-refractivity contribution in [2.24, 2.45) is 0 Å². The van der Waals surface area contributed by atoms with Gasteiger partial charge in [-0.25, -0.2) is 14.7 Å². The maximum absolute atomic E-state index is 13.1. The van der Waals surface area contributed by atoms with Gasteiger partial charge in [-0.05, 0) is 30.3 Å². The van der Waals surface area contributed by atoms with Gasteiger partial charge in [0.05, 0.1) is 11.3 Å². The number of hydrogen-bond acceptors (Lipinski definition) is 9. The van der Waals surface area contributed by atoms with Crippen LogP contribution in [0.4, 0.5) is 5.69 Å². The average Bonchev–Trinajstić information content (AvgIpc) is 3.47. The fourth-order valence-corrected chi connectivity index (χ4v) is 5.24. The number of Topliss-reactive ketones (excluding diaryl/α,β-unsaturated/α-hetero) is 1. The summed E-state index contributed by atoms with van der Waals surface area (Å²) < 4.78 is 5.12. The van der Waals surface area contributed by atoms with Crippen molar-refractivity contribution in [3.63, 3.8) is 0 Å². The number of carbonyl (C=O) groups is 4. The molecule has 6 rings (SSSR count). The van der Waals surface area contributed by atoms with Crippen LogP contribution in [-0.4, -0.2) is 55.6 Å². The Labute approximate surface area is 225 Å². The highest BCUT2D eigenvalue weighted by Crippen LogP contribution is 2.33. The lowest BCUT2D eigenvalue weighted by Crippen LogP contribution is -2.31. The van der Waals surface area contributed by atoms with E-state index in [9.17, 15) is 19.2 Å². The first-order valence-corrected chi connectivity index (χ1v) is 12.9. The van der Waals surface area contributed by atoms with E-state index in [1.165, 1.54) is 24.3 Å². The fraction of sp³-hybridized carbons (Fsp3) is 0.107. The molecular weight excluding hydrogens is 518 g/mol. The molecule has 10 nitrogen and oxygen atoms in total. The van der Waals surface area contributed by atoms with E-state index in [1.807, 2.05) is 24.3 Å². The van der Waals surface area contributed by atoms with Crippen LogP contribution in [0.5, 0.6) is 0 Å². The van der Waals surface area contributed by atoms with Gasteiger partial charge in [0.1, 0.15) is 10.8 Å². The minimum absolute atomic E-state index is 0.0248. The molecule has 1 atom stereocenters. The number of rotatable bonds is 7. The number of thioether (sulfide) groups is 1. The molecule has 192 valence electrons. The molecule has 0 aliphatic carbocycles. The molecule has 1 unspecified atom stereocenters. The van der Waals surface area contributed by atoms with Crippen LogP contribution >= 0.6 is 11.8 Å². The molecule has 2 amide bonds. The van der Waals surface area contributed by atoms with Crippen LogP contribution in [0.2, 0.25) is 0 Å². The lowest BCUT2D eigenvalue weighted by molar-refractivity contribution is -0.121. The summed E-state index contributed by atoms with van der Waals surface area (Å²) in [7, 11) is 0. The van der Waals surface area contributed by atoms with Crippen molar-refractivity contribution < 1.29 is 23.9 Å². The van der Waals surface area contributed by atoms with E-state index in [4.69, 9.17) is 4.74 Å². The maximum atomic E-state index is 13.1. The first-order valence-electron chi connectivity index (χ1n) is 12.0. The van der Waals surface area contributed by atoms with Crippen LogP contribution in [0.25, 0.3) is 22.1 Å². The molecule has 0 bridgehead atoms. The number of anilines is 1. The highest BCUT2D eigenvalue weighted by Gasteiger charge is 2.41. The van der Waals surface area contributed by atoms with Gasteiger partial charge in [-0.15, -0.1) is 10.2 Å². The second kappa shape index (κ2) is 10.1. The maximum Gasteiger partial charge on any atom is 0.338 e. The number of H-pyrrole nitrogens is 1. The van der Waals surface area contributed by atoms with Gasteiger partial charge in [-0.2, -0.15) is 0 Å². The summed E-state index contributed by atoms with van der Waals surface area (Å²) in [5.41, 5.74) is 3.03. The van der Waals surface area contributed by atoms with Gasteiger partial charge in [0, 0.05) is 22.9 Å². The van der Waals surface area contributed by atoms with Crippen LogP contribution < -0.4 is 4.90 Å². The first-order chi connectivity index (χ1) is 19.0. The van der Waals surface area contributed by atoms with Crippen LogP contribution in [0, 0.1) is 0 Å². The molecule has 1 N–H and O–H groups in total. The number of para-hydroxylation sites is 1. The smallest absolute Gasteiger partial charge is 0.338 e. The number of ether oxygens (including phenoxy) is 1. The minimum atomic E-state index is -0.713. The number of carbonyl (C=O) groups excluding carboxylic acids is 4. The van der Waals surface area contributed by atoms with Crippen LogP contribution in [-0.2, 0) is 14.3 Å². The Hall–Kier alpha value is -4.90. The molecule has 1 fully saturated rings. The molecule has 3 heterocycles. The number of benzene rings is 3. The molecule has 1 aliphatic heterocycles. The number of esters is 1. The Balaban J connectivity index is 1.12. The predicted octanol–water partition coefficient (Wildman–Crippen LogP) is 3.97. The lowest BCUT2D eigenvalue weighted by atomic mass is 10.1. The number of aromatic nitrogens is 4. The van der Waals surface area contributed by atoms with Crippen molar-refractivity contribution in [3.05, 3.63) is 90.0 Å². The van der Waals surface area contributed by atoms with Crippen molar-refractivity contribution >= 4 is 63.1 Å². The van der Waals surface area contributed by atoms with E-state index in [-0.39, 0.29) is 28.8 Å². The number of ketones is 1. The number of aromatic amines is 1. The molecule has 3 aromatic carbocycles. The highest BCUT2D eigenvalue weighted by molar-refractivity contribution is 8.00. The van der Waals surface area contributed by atoms with Gasteiger partial charge < -0.3 is 9.72 Å². The highest BCUT2D eigenvalue weighted by atomic mass is 32.2. The number of hydrogen-bond donors (Lipinski definition) is 1. The summed E-state index contributed by atoms with van der Waals surface area (Å²) >= 11 is 1.08.